The van der Waals surface area contributed by atoms with Crippen LogP contribution < -0.4 is 5.32 Å². The van der Waals surface area contributed by atoms with Gasteiger partial charge in [0.05, 0.1) is 11.6 Å². The predicted octanol–water partition coefficient (Wildman–Crippen LogP) is 4.61. The number of halogens is 5. The van der Waals surface area contributed by atoms with E-state index in [0.717, 1.165) is 31.1 Å². The highest BCUT2D eigenvalue weighted by Gasteiger charge is 2.37. The van der Waals surface area contributed by atoms with E-state index in [1.165, 1.54) is 23.5 Å². The summed E-state index contributed by atoms with van der Waals surface area (Å²) < 4.78 is 40.2. The van der Waals surface area contributed by atoms with Crippen LogP contribution in [0.5, 0.6) is 0 Å². The van der Waals surface area contributed by atoms with E-state index < -0.39 is 11.7 Å². The number of benzene rings is 1. The molecule has 134 valence electrons. The van der Waals surface area contributed by atoms with Crippen LogP contribution in [-0.4, -0.2) is 31.1 Å². The third-order valence-corrected chi connectivity index (χ3v) is 4.81. The van der Waals surface area contributed by atoms with Crippen LogP contribution >= 0.6 is 36.2 Å². The summed E-state index contributed by atoms with van der Waals surface area (Å²) in [6, 6.07) is 9.41. The fraction of sp³-hybridized carbons (Fsp3) is 0.375. The van der Waals surface area contributed by atoms with E-state index in [1.54, 1.807) is 12.1 Å². The summed E-state index contributed by atoms with van der Waals surface area (Å²) in [5.74, 6) is 0. The highest BCUT2D eigenvalue weighted by atomic mass is 35.5. The first kappa shape index (κ1) is 21.3. The number of nitrogens with zero attached hydrogens (tertiary/aromatic N) is 1. The van der Waals surface area contributed by atoms with Crippen molar-refractivity contribution in [1.29, 1.82) is 0 Å². The van der Waals surface area contributed by atoms with Crippen molar-refractivity contribution >= 4 is 36.2 Å². The van der Waals surface area contributed by atoms with Crippen LogP contribution in [0.25, 0.3) is 0 Å². The standard InChI is InChI=1S/C16H17F3N2S.2ClH/c17-16(18,19)13-5-2-1-4-12(13)15(14-6-3-11-22-14)21-9-7-20-8-10-21;;/h1-6,11,15,20H,7-10H2;2*1H/t15-;;/m1../s1. The van der Waals surface area contributed by atoms with E-state index in [1.807, 2.05) is 17.5 Å². The summed E-state index contributed by atoms with van der Waals surface area (Å²) in [6.45, 7) is 3.09. The molecule has 2 nitrogen and oxygen atoms in total. The van der Waals surface area contributed by atoms with Crippen molar-refractivity contribution in [2.45, 2.75) is 12.2 Å². The number of hydrogen-bond acceptors (Lipinski definition) is 3. The van der Waals surface area contributed by atoms with Crippen molar-refractivity contribution in [3.8, 4) is 0 Å². The SMILES string of the molecule is Cl.Cl.FC(F)(F)c1ccccc1[C@H](c1cccs1)N1CCNCC1. The molecular formula is C16H19Cl2F3N2S. The molecule has 0 aliphatic carbocycles. The lowest BCUT2D eigenvalue weighted by Gasteiger charge is -2.35. The maximum Gasteiger partial charge on any atom is 0.416 e. The van der Waals surface area contributed by atoms with Gasteiger partial charge in [-0.3, -0.25) is 4.90 Å². The highest BCUT2D eigenvalue weighted by molar-refractivity contribution is 7.10. The molecule has 1 aliphatic rings. The monoisotopic (exact) mass is 398 g/mol. The minimum Gasteiger partial charge on any atom is -0.314 e. The van der Waals surface area contributed by atoms with Crippen LogP contribution in [0.1, 0.15) is 22.0 Å². The van der Waals surface area contributed by atoms with Gasteiger partial charge in [0.1, 0.15) is 0 Å². The van der Waals surface area contributed by atoms with Crippen molar-refractivity contribution < 1.29 is 13.2 Å². The van der Waals surface area contributed by atoms with Gasteiger partial charge in [0, 0.05) is 31.1 Å². The second kappa shape index (κ2) is 9.06. The van der Waals surface area contributed by atoms with Gasteiger partial charge in [-0.15, -0.1) is 36.2 Å². The van der Waals surface area contributed by atoms with Crippen LogP contribution in [0.2, 0.25) is 0 Å². The fourth-order valence-electron chi connectivity index (χ4n) is 2.91. The molecule has 0 saturated carbocycles. The van der Waals surface area contributed by atoms with Gasteiger partial charge in [0.15, 0.2) is 0 Å². The summed E-state index contributed by atoms with van der Waals surface area (Å²) in [4.78, 5) is 3.09. The molecular weight excluding hydrogens is 380 g/mol. The zero-order valence-electron chi connectivity index (χ0n) is 12.8. The zero-order chi connectivity index (χ0) is 15.6. The Labute approximate surface area is 155 Å². The molecule has 3 rings (SSSR count). The van der Waals surface area contributed by atoms with Gasteiger partial charge in [-0.1, -0.05) is 24.3 Å². The average Bonchev–Trinajstić information content (AvgIpc) is 3.02. The second-order valence-corrected chi connectivity index (χ2v) is 6.27. The first-order valence-electron chi connectivity index (χ1n) is 7.21. The Bertz CT molecular complexity index is 614. The number of rotatable bonds is 3. The Kier molecular flexibility index (Phi) is 8.02. The van der Waals surface area contributed by atoms with Crippen LogP contribution in [0.3, 0.4) is 0 Å². The number of alkyl halides is 3. The Balaban J connectivity index is 0.00000144. The largest absolute Gasteiger partial charge is 0.416 e. The Morgan fingerprint density at radius 3 is 2.25 bits per heavy atom. The molecule has 0 bridgehead atoms. The van der Waals surface area contributed by atoms with Gasteiger partial charge >= 0.3 is 6.18 Å². The van der Waals surface area contributed by atoms with Gasteiger partial charge in [0.2, 0.25) is 0 Å². The molecule has 24 heavy (non-hydrogen) atoms. The molecule has 0 radical (unpaired) electrons. The molecule has 8 heteroatoms. The maximum atomic E-state index is 13.4. The molecule has 1 atom stereocenters. The number of hydrogen-bond donors (Lipinski definition) is 1. The summed E-state index contributed by atoms with van der Waals surface area (Å²) >= 11 is 1.51. The van der Waals surface area contributed by atoms with Crippen LogP contribution in [0.15, 0.2) is 41.8 Å². The average molecular weight is 399 g/mol. The lowest BCUT2D eigenvalue weighted by molar-refractivity contribution is -0.138. The summed E-state index contributed by atoms with van der Waals surface area (Å²) in [6.07, 6.45) is -4.33. The fourth-order valence-corrected chi connectivity index (χ4v) is 3.79. The van der Waals surface area contributed by atoms with Gasteiger partial charge in [-0.05, 0) is 23.1 Å². The number of nitrogens with one attached hydrogen (secondary N) is 1. The van der Waals surface area contributed by atoms with Crippen molar-refractivity contribution in [1.82, 2.24) is 10.2 Å². The van der Waals surface area contributed by atoms with Crippen LogP contribution in [-0.2, 0) is 6.18 Å². The molecule has 2 aromatic rings. The van der Waals surface area contributed by atoms with E-state index in [9.17, 15) is 13.2 Å². The lowest BCUT2D eigenvalue weighted by Crippen LogP contribution is -2.45. The lowest BCUT2D eigenvalue weighted by atomic mass is 9.96. The Morgan fingerprint density at radius 1 is 1.00 bits per heavy atom. The molecule has 1 aliphatic heterocycles. The Morgan fingerprint density at radius 2 is 1.67 bits per heavy atom. The third kappa shape index (κ3) is 4.64. The molecule has 1 saturated heterocycles. The second-order valence-electron chi connectivity index (χ2n) is 5.29. The topological polar surface area (TPSA) is 15.3 Å². The normalized spacial score (nSPS) is 16.8. The van der Waals surface area contributed by atoms with Gasteiger partial charge in [-0.2, -0.15) is 13.2 Å². The molecule has 2 heterocycles. The molecule has 1 fully saturated rings. The van der Waals surface area contributed by atoms with E-state index >= 15 is 0 Å². The number of piperazine rings is 1. The van der Waals surface area contributed by atoms with Crippen molar-refractivity contribution in [2.75, 3.05) is 26.2 Å². The summed E-state index contributed by atoms with van der Waals surface area (Å²) in [5.41, 5.74) is -0.189. The highest BCUT2D eigenvalue weighted by Crippen LogP contribution is 2.40. The molecule has 1 N–H and O–H groups in total. The first-order valence-corrected chi connectivity index (χ1v) is 8.09. The van der Waals surface area contributed by atoms with Crippen molar-refractivity contribution in [2.24, 2.45) is 0 Å². The predicted molar refractivity (Wildman–Crippen MR) is 96.5 cm³/mol. The van der Waals surface area contributed by atoms with Gasteiger partial charge in [-0.25, -0.2) is 0 Å². The maximum absolute atomic E-state index is 13.4. The van der Waals surface area contributed by atoms with Crippen molar-refractivity contribution in [3.63, 3.8) is 0 Å². The van der Waals surface area contributed by atoms with E-state index in [-0.39, 0.29) is 30.9 Å². The minimum absolute atomic E-state index is 0. The smallest absolute Gasteiger partial charge is 0.314 e. The summed E-state index contributed by atoms with van der Waals surface area (Å²) in [5, 5.41) is 5.17. The van der Waals surface area contributed by atoms with Gasteiger partial charge < -0.3 is 5.32 Å². The van der Waals surface area contributed by atoms with Gasteiger partial charge in [0.25, 0.3) is 0 Å². The van der Waals surface area contributed by atoms with E-state index in [2.05, 4.69) is 10.2 Å². The minimum atomic E-state index is -4.33. The van der Waals surface area contributed by atoms with E-state index in [0.29, 0.717) is 5.56 Å². The molecule has 0 amide bonds. The quantitative estimate of drug-likeness (QED) is 0.812. The van der Waals surface area contributed by atoms with Crippen molar-refractivity contribution in [3.05, 3.63) is 57.8 Å². The molecule has 1 aromatic heterocycles. The molecule has 1 aromatic carbocycles. The number of thiophene rings is 1. The van der Waals surface area contributed by atoms with Crippen LogP contribution in [0, 0.1) is 0 Å². The third-order valence-electron chi connectivity index (χ3n) is 3.89. The van der Waals surface area contributed by atoms with E-state index in [4.69, 9.17) is 0 Å². The first-order chi connectivity index (χ1) is 10.6. The van der Waals surface area contributed by atoms with Crippen LogP contribution in [0.4, 0.5) is 13.2 Å². The zero-order valence-corrected chi connectivity index (χ0v) is 15.2. The molecule has 0 unspecified atom stereocenters. The Hall–Kier alpha value is -0.790. The molecule has 0 spiro atoms. The summed E-state index contributed by atoms with van der Waals surface area (Å²) in [7, 11) is 0.